The van der Waals surface area contributed by atoms with Crippen LogP contribution in [-0.4, -0.2) is 22.4 Å². The number of nitrogens with zero attached hydrogens (tertiary/aromatic N) is 2. The van der Waals surface area contributed by atoms with Crippen LogP contribution in [-0.2, 0) is 17.1 Å². The lowest BCUT2D eigenvalue weighted by atomic mass is 10.0. The van der Waals surface area contributed by atoms with E-state index in [1.807, 2.05) is 42.9 Å². The van der Waals surface area contributed by atoms with Gasteiger partial charge in [-0.25, -0.2) is 4.79 Å². The van der Waals surface area contributed by atoms with Crippen molar-refractivity contribution >= 4 is 21.9 Å². The van der Waals surface area contributed by atoms with Gasteiger partial charge >= 0.3 is 5.97 Å². The number of hydrogen-bond donors (Lipinski definition) is 0. The molecule has 0 bridgehead atoms. The third-order valence-corrected chi connectivity index (χ3v) is 3.66. The van der Waals surface area contributed by atoms with Crippen molar-refractivity contribution in [3.05, 3.63) is 41.1 Å². The van der Waals surface area contributed by atoms with E-state index >= 15 is 0 Å². The fraction of sp³-hybridized carbons (Fsp3) is 0.333. The molecule has 0 fully saturated rings. The molecule has 0 saturated heterocycles. The van der Waals surface area contributed by atoms with E-state index in [-0.39, 0.29) is 5.97 Å². The molecular weight excluding hydrogens is 320 g/mol. The number of rotatable bonds is 4. The average Bonchev–Trinajstić information content (AvgIpc) is 2.80. The van der Waals surface area contributed by atoms with E-state index in [1.165, 1.54) is 0 Å². The van der Waals surface area contributed by atoms with Gasteiger partial charge in [-0.15, -0.1) is 0 Å². The van der Waals surface area contributed by atoms with Crippen LogP contribution in [0, 0.1) is 6.92 Å². The van der Waals surface area contributed by atoms with E-state index < -0.39 is 0 Å². The normalized spacial score (nSPS) is 10.6. The number of carbonyl (C=O) groups excluding carboxylic acids is 1. The average molecular weight is 337 g/mol. The Hall–Kier alpha value is -1.62. The number of halogens is 1. The maximum atomic E-state index is 11.8. The third-order valence-electron chi connectivity index (χ3n) is 3.08. The molecular formula is C15H17BrN2O2. The van der Waals surface area contributed by atoms with Gasteiger partial charge in [0.25, 0.3) is 0 Å². The highest BCUT2D eigenvalue weighted by atomic mass is 79.9. The molecule has 1 heterocycles. The topological polar surface area (TPSA) is 44.1 Å². The summed E-state index contributed by atoms with van der Waals surface area (Å²) in [5.74, 6) is -0.275. The Morgan fingerprint density at radius 1 is 1.40 bits per heavy atom. The molecule has 2 aromatic rings. The molecule has 4 nitrogen and oxygen atoms in total. The molecule has 0 spiro atoms. The molecule has 0 amide bonds. The van der Waals surface area contributed by atoms with Gasteiger partial charge in [-0.05, 0) is 37.6 Å². The molecule has 0 aliphatic carbocycles. The van der Waals surface area contributed by atoms with E-state index in [0.29, 0.717) is 12.2 Å². The molecule has 20 heavy (non-hydrogen) atoms. The van der Waals surface area contributed by atoms with Gasteiger partial charge in [0.05, 0.1) is 23.6 Å². The van der Waals surface area contributed by atoms with E-state index in [4.69, 9.17) is 4.74 Å². The second-order valence-corrected chi connectivity index (χ2v) is 5.09. The van der Waals surface area contributed by atoms with Gasteiger partial charge in [-0.3, -0.25) is 4.68 Å². The summed E-state index contributed by atoms with van der Waals surface area (Å²) < 4.78 is 6.88. The highest BCUT2D eigenvalue weighted by Crippen LogP contribution is 2.24. The fourth-order valence-electron chi connectivity index (χ4n) is 2.12. The molecule has 0 aliphatic rings. The summed E-state index contributed by atoms with van der Waals surface area (Å²) in [4.78, 5) is 11.8. The number of aromatic nitrogens is 2. The summed E-state index contributed by atoms with van der Waals surface area (Å²) in [5, 5.41) is 5.12. The number of benzene rings is 1. The van der Waals surface area contributed by atoms with Crippen molar-refractivity contribution in [2.24, 2.45) is 7.05 Å². The molecule has 0 aliphatic heterocycles. The number of carbonyl (C=O) groups is 1. The van der Waals surface area contributed by atoms with E-state index in [9.17, 15) is 4.79 Å². The molecule has 0 saturated carbocycles. The van der Waals surface area contributed by atoms with E-state index in [0.717, 1.165) is 27.8 Å². The minimum Gasteiger partial charge on any atom is -0.462 e. The Labute approximate surface area is 126 Å². The largest absolute Gasteiger partial charge is 0.462 e. The van der Waals surface area contributed by atoms with Crippen LogP contribution in [0.4, 0.5) is 0 Å². The lowest BCUT2D eigenvalue weighted by Gasteiger charge is -2.08. The zero-order chi connectivity index (χ0) is 14.7. The van der Waals surface area contributed by atoms with Gasteiger partial charge in [-0.1, -0.05) is 22.0 Å². The Morgan fingerprint density at radius 3 is 2.70 bits per heavy atom. The summed E-state index contributed by atoms with van der Waals surface area (Å²) in [6.45, 7) is 4.10. The van der Waals surface area contributed by atoms with Crippen LogP contribution >= 0.6 is 15.9 Å². The van der Waals surface area contributed by atoms with E-state index in [1.54, 1.807) is 6.92 Å². The van der Waals surface area contributed by atoms with Crippen molar-refractivity contribution in [2.75, 3.05) is 6.61 Å². The monoisotopic (exact) mass is 336 g/mol. The van der Waals surface area contributed by atoms with E-state index in [2.05, 4.69) is 21.0 Å². The van der Waals surface area contributed by atoms with Gasteiger partial charge in [-0.2, -0.15) is 5.10 Å². The zero-order valence-electron chi connectivity index (χ0n) is 11.8. The van der Waals surface area contributed by atoms with Crippen molar-refractivity contribution in [2.45, 2.75) is 19.2 Å². The van der Waals surface area contributed by atoms with Crippen molar-refractivity contribution in [3.63, 3.8) is 0 Å². The van der Waals surface area contributed by atoms with Crippen LogP contribution in [0.5, 0.6) is 0 Å². The highest BCUT2D eigenvalue weighted by Gasteiger charge is 2.13. The quantitative estimate of drug-likeness (QED) is 0.634. The Bertz CT molecular complexity index is 635. The van der Waals surface area contributed by atoms with Crippen LogP contribution in [0.25, 0.3) is 11.3 Å². The summed E-state index contributed by atoms with van der Waals surface area (Å²) in [7, 11) is 1.91. The smallest absolute Gasteiger partial charge is 0.338 e. The van der Waals surface area contributed by atoms with Crippen molar-refractivity contribution in [1.82, 2.24) is 9.78 Å². The Balaban J connectivity index is 2.37. The summed E-state index contributed by atoms with van der Waals surface area (Å²) in [5.41, 5.74) is 4.56. The predicted molar refractivity (Wildman–Crippen MR) is 82.0 cm³/mol. The van der Waals surface area contributed by atoms with Crippen LogP contribution in [0.2, 0.25) is 0 Å². The minimum absolute atomic E-state index is 0.275. The summed E-state index contributed by atoms with van der Waals surface area (Å²) in [6, 6.07) is 7.76. The molecule has 5 heteroatoms. The first-order chi connectivity index (χ1) is 9.56. The first-order valence-electron chi connectivity index (χ1n) is 6.43. The van der Waals surface area contributed by atoms with Crippen molar-refractivity contribution in [3.8, 4) is 11.3 Å². The maximum absolute atomic E-state index is 11.8. The number of alkyl halides is 1. The molecule has 0 atom stereocenters. The van der Waals surface area contributed by atoms with Crippen LogP contribution < -0.4 is 0 Å². The van der Waals surface area contributed by atoms with Gasteiger partial charge < -0.3 is 4.74 Å². The first-order valence-corrected chi connectivity index (χ1v) is 7.56. The molecule has 1 aromatic heterocycles. The molecule has 2 rings (SSSR count). The number of ether oxygens (including phenoxy) is 1. The fourth-order valence-corrected chi connectivity index (χ4v) is 2.40. The number of aryl methyl sites for hydroxylation is 2. The molecule has 0 unspecified atom stereocenters. The molecule has 0 radical (unpaired) electrons. The summed E-state index contributed by atoms with van der Waals surface area (Å²) in [6.07, 6.45) is 0. The third kappa shape index (κ3) is 2.93. The predicted octanol–water partition coefficient (Wildman–Crippen LogP) is 3.47. The summed E-state index contributed by atoms with van der Waals surface area (Å²) >= 11 is 3.40. The molecule has 1 aromatic carbocycles. The highest BCUT2D eigenvalue weighted by molar-refractivity contribution is 9.08. The van der Waals surface area contributed by atoms with Gasteiger partial charge in [0.15, 0.2) is 0 Å². The number of hydrogen-bond acceptors (Lipinski definition) is 3. The van der Waals surface area contributed by atoms with Gasteiger partial charge in [0.2, 0.25) is 0 Å². The maximum Gasteiger partial charge on any atom is 0.338 e. The SMILES string of the molecule is CCOC(=O)c1ccc(-c2cc(CBr)nn2C)cc1C. The van der Waals surface area contributed by atoms with Crippen LogP contribution in [0.3, 0.4) is 0 Å². The molecule has 0 N–H and O–H groups in total. The Morgan fingerprint density at radius 2 is 2.15 bits per heavy atom. The minimum atomic E-state index is -0.275. The van der Waals surface area contributed by atoms with Gasteiger partial charge in [0, 0.05) is 17.9 Å². The lowest BCUT2D eigenvalue weighted by Crippen LogP contribution is -2.06. The Kier molecular flexibility index (Phi) is 4.60. The second kappa shape index (κ2) is 6.22. The second-order valence-electron chi connectivity index (χ2n) is 4.53. The van der Waals surface area contributed by atoms with Crippen molar-refractivity contribution < 1.29 is 9.53 Å². The number of esters is 1. The molecule has 106 valence electrons. The van der Waals surface area contributed by atoms with Crippen molar-refractivity contribution in [1.29, 1.82) is 0 Å². The van der Waals surface area contributed by atoms with Gasteiger partial charge in [0.1, 0.15) is 0 Å². The first kappa shape index (κ1) is 14.8. The lowest BCUT2D eigenvalue weighted by molar-refractivity contribution is 0.0525. The van der Waals surface area contributed by atoms with Crippen LogP contribution in [0.1, 0.15) is 28.5 Å². The van der Waals surface area contributed by atoms with Crippen LogP contribution in [0.15, 0.2) is 24.3 Å². The standard InChI is InChI=1S/C15H17BrN2O2/c1-4-20-15(19)13-6-5-11(7-10(13)2)14-8-12(9-16)17-18(14)3/h5-8H,4,9H2,1-3H3. The zero-order valence-corrected chi connectivity index (χ0v) is 13.4.